The van der Waals surface area contributed by atoms with E-state index in [9.17, 15) is 14.7 Å². The van der Waals surface area contributed by atoms with E-state index in [1.807, 2.05) is 13.8 Å². The van der Waals surface area contributed by atoms with Gasteiger partial charge in [-0.3, -0.25) is 4.90 Å². The third-order valence-corrected chi connectivity index (χ3v) is 3.19. The molecule has 0 aromatic heterocycles. The molecule has 0 saturated heterocycles. The van der Waals surface area contributed by atoms with Gasteiger partial charge in [0.2, 0.25) is 0 Å². The summed E-state index contributed by atoms with van der Waals surface area (Å²) in [7, 11) is 1.47. The lowest BCUT2D eigenvalue weighted by Gasteiger charge is -2.28. The molecular weight excluding hydrogens is 270 g/mol. The van der Waals surface area contributed by atoms with Gasteiger partial charge in [0.15, 0.2) is 0 Å². The minimum atomic E-state index is -0.890. The van der Waals surface area contributed by atoms with Crippen LogP contribution in [0.25, 0.3) is 0 Å². The SMILES string of the molecule is Cc1cc(O)c(C(C=O)N(C)C(=O)OC(C)(C)C)cc1C. The van der Waals surface area contributed by atoms with Crippen LogP contribution in [0, 0.1) is 13.8 Å². The summed E-state index contributed by atoms with van der Waals surface area (Å²) in [5, 5.41) is 10.0. The second kappa shape index (κ2) is 6.16. The highest BCUT2D eigenvalue weighted by atomic mass is 16.6. The fourth-order valence-electron chi connectivity index (χ4n) is 1.88. The Bertz CT molecular complexity index is 546. The first kappa shape index (κ1) is 17.0. The minimum absolute atomic E-state index is 0.00870. The Morgan fingerprint density at radius 2 is 1.81 bits per heavy atom. The highest BCUT2D eigenvalue weighted by Crippen LogP contribution is 2.30. The summed E-state index contributed by atoms with van der Waals surface area (Å²) in [6.07, 6.45) is 0.00512. The number of nitrogens with zero attached hydrogens (tertiary/aromatic N) is 1. The topological polar surface area (TPSA) is 66.8 Å². The Kier molecular flexibility index (Phi) is 4.99. The number of aromatic hydroxyl groups is 1. The minimum Gasteiger partial charge on any atom is -0.508 e. The molecule has 0 heterocycles. The van der Waals surface area contributed by atoms with Crippen molar-refractivity contribution < 1.29 is 19.4 Å². The van der Waals surface area contributed by atoms with Crippen LogP contribution < -0.4 is 0 Å². The first-order valence-corrected chi connectivity index (χ1v) is 6.78. The molecule has 1 unspecified atom stereocenters. The number of phenolic OH excluding ortho intramolecular Hbond substituents is 1. The normalized spacial score (nSPS) is 12.7. The van der Waals surface area contributed by atoms with Gasteiger partial charge in [0, 0.05) is 12.6 Å². The van der Waals surface area contributed by atoms with Gasteiger partial charge in [-0.15, -0.1) is 0 Å². The number of amides is 1. The Morgan fingerprint density at radius 1 is 1.29 bits per heavy atom. The van der Waals surface area contributed by atoms with Crippen molar-refractivity contribution in [3.8, 4) is 5.75 Å². The van der Waals surface area contributed by atoms with Gasteiger partial charge >= 0.3 is 6.09 Å². The molecule has 0 bridgehead atoms. The van der Waals surface area contributed by atoms with Crippen molar-refractivity contribution in [2.24, 2.45) is 0 Å². The van der Waals surface area contributed by atoms with Gasteiger partial charge in [0.25, 0.3) is 0 Å². The van der Waals surface area contributed by atoms with Crippen LogP contribution in [-0.2, 0) is 9.53 Å². The zero-order valence-corrected chi connectivity index (χ0v) is 13.4. The highest BCUT2D eigenvalue weighted by molar-refractivity contribution is 5.75. The van der Waals surface area contributed by atoms with Crippen molar-refractivity contribution in [1.29, 1.82) is 0 Å². The summed E-state index contributed by atoms with van der Waals surface area (Å²) in [6, 6.07) is 2.41. The molecule has 0 aliphatic heterocycles. The van der Waals surface area contributed by atoms with Crippen LogP contribution >= 0.6 is 0 Å². The summed E-state index contributed by atoms with van der Waals surface area (Å²) in [5.41, 5.74) is 1.60. The van der Waals surface area contributed by atoms with Crippen LogP contribution in [0.3, 0.4) is 0 Å². The van der Waals surface area contributed by atoms with E-state index in [-0.39, 0.29) is 5.75 Å². The lowest BCUT2D eigenvalue weighted by atomic mass is 10.00. The predicted octanol–water partition coefficient (Wildman–Crippen LogP) is 3.12. The maximum absolute atomic E-state index is 12.1. The molecule has 5 heteroatoms. The van der Waals surface area contributed by atoms with Crippen molar-refractivity contribution in [1.82, 2.24) is 4.90 Å². The number of phenols is 1. The summed E-state index contributed by atoms with van der Waals surface area (Å²) >= 11 is 0. The van der Waals surface area contributed by atoms with E-state index in [0.29, 0.717) is 11.8 Å². The van der Waals surface area contributed by atoms with Crippen molar-refractivity contribution in [2.45, 2.75) is 46.3 Å². The van der Waals surface area contributed by atoms with Crippen molar-refractivity contribution in [3.05, 3.63) is 28.8 Å². The number of aryl methyl sites for hydroxylation is 2. The first-order chi connectivity index (χ1) is 9.56. The molecule has 0 radical (unpaired) electrons. The zero-order valence-electron chi connectivity index (χ0n) is 13.4. The van der Waals surface area contributed by atoms with E-state index in [1.54, 1.807) is 32.9 Å². The molecule has 0 spiro atoms. The van der Waals surface area contributed by atoms with Crippen LogP contribution in [-0.4, -0.2) is 35.0 Å². The molecule has 1 amide bonds. The quantitative estimate of drug-likeness (QED) is 0.869. The Labute approximate surface area is 125 Å². The Morgan fingerprint density at radius 3 is 2.29 bits per heavy atom. The molecule has 116 valence electrons. The lowest BCUT2D eigenvalue weighted by Crippen LogP contribution is -2.37. The van der Waals surface area contributed by atoms with E-state index in [1.165, 1.54) is 11.9 Å². The number of hydrogen-bond donors (Lipinski definition) is 1. The molecule has 21 heavy (non-hydrogen) atoms. The van der Waals surface area contributed by atoms with E-state index in [0.717, 1.165) is 11.1 Å². The molecule has 0 saturated carbocycles. The second-order valence-corrected chi connectivity index (χ2v) is 6.17. The number of rotatable bonds is 3. The fourth-order valence-corrected chi connectivity index (χ4v) is 1.88. The molecule has 1 N–H and O–H groups in total. The van der Waals surface area contributed by atoms with Crippen LogP contribution in [0.1, 0.15) is 43.5 Å². The molecule has 1 aromatic carbocycles. The summed E-state index contributed by atoms with van der Waals surface area (Å²) in [4.78, 5) is 24.6. The third kappa shape index (κ3) is 4.21. The van der Waals surface area contributed by atoms with Gasteiger partial charge in [0.1, 0.15) is 23.7 Å². The van der Waals surface area contributed by atoms with Gasteiger partial charge in [-0.2, -0.15) is 0 Å². The molecule has 1 rings (SSSR count). The average Bonchev–Trinajstić information content (AvgIpc) is 2.34. The van der Waals surface area contributed by atoms with E-state index in [2.05, 4.69) is 0 Å². The van der Waals surface area contributed by atoms with Crippen molar-refractivity contribution >= 4 is 12.4 Å². The van der Waals surface area contributed by atoms with Gasteiger partial charge < -0.3 is 14.6 Å². The summed E-state index contributed by atoms with van der Waals surface area (Å²) < 4.78 is 5.24. The summed E-state index contributed by atoms with van der Waals surface area (Å²) in [5.74, 6) is -0.00870. The third-order valence-electron chi connectivity index (χ3n) is 3.19. The Balaban J connectivity index is 3.11. The van der Waals surface area contributed by atoms with Crippen LogP contribution in [0.15, 0.2) is 12.1 Å². The number of ether oxygens (including phenoxy) is 1. The van der Waals surface area contributed by atoms with Gasteiger partial charge in [-0.05, 0) is 57.9 Å². The largest absolute Gasteiger partial charge is 0.508 e. The summed E-state index contributed by atoms with van der Waals surface area (Å²) in [6.45, 7) is 9.01. The highest BCUT2D eigenvalue weighted by Gasteiger charge is 2.28. The van der Waals surface area contributed by atoms with Crippen LogP contribution in [0.2, 0.25) is 0 Å². The number of aldehydes is 1. The molecule has 0 aliphatic rings. The lowest BCUT2D eigenvalue weighted by molar-refractivity contribution is -0.112. The molecule has 5 nitrogen and oxygen atoms in total. The van der Waals surface area contributed by atoms with Gasteiger partial charge in [0.05, 0.1) is 0 Å². The molecule has 0 fully saturated rings. The maximum Gasteiger partial charge on any atom is 0.410 e. The van der Waals surface area contributed by atoms with Gasteiger partial charge in [-0.1, -0.05) is 0 Å². The number of hydrogen-bond acceptors (Lipinski definition) is 4. The van der Waals surface area contributed by atoms with Crippen molar-refractivity contribution in [3.63, 3.8) is 0 Å². The van der Waals surface area contributed by atoms with Crippen LogP contribution in [0.4, 0.5) is 4.79 Å². The molecule has 0 aliphatic carbocycles. The predicted molar refractivity (Wildman–Crippen MR) is 80.4 cm³/mol. The molecule has 1 aromatic rings. The van der Waals surface area contributed by atoms with Crippen molar-refractivity contribution in [2.75, 3.05) is 7.05 Å². The number of carbonyl (C=O) groups excluding carboxylic acids is 2. The van der Waals surface area contributed by atoms with Crippen LogP contribution in [0.5, 0.6) is 5.75 Å². The molecular formula is C16H23NO4. The fraction of sp³-hybridized carbons (Fsp3) is 0.500. The smallest absolute Gasteiger partial charge is 0.410 e. The average molecular weight is 293 g/mol. The Hall–Kier alpha value is -2.04. The van der Waals surface area contributed by atoms with E-state index < -0.39 is 17.7 Å². The number of likely N-dealkylation sites (N-methyl/N-ethyl adjacent to an activating group) is 1. The monoisotopic (exact) mass is 293 g/mol. The number of carbonyl (C=O) groups is 2. The van der Waals surface area contributed by atoms with Gasteiger partial charge in [-0.25, -0.2) is 4.79 Å². The second-order valence-electron chi connectivity index (χ2n) is 6.17. The molecule has 1 atom stereocenters. The van der Waals surface area contributed by atoms with E-state index in [4.69, 9.17) is 4.74 Å². The first-order valence-electron chi connectivity index (χ1n) is 6.78. The van der Waals surface area contributed by atoms with E-state index >= 15 is 0 Å². The number of benzene rings is 1. The standard InChI is InChI=1S/C16H23NO4/c1-10-7-12(14(19)8-11(10)2)13(9-18)17(6)15(20)21-16(3,4)5/h7-9,13,19H,1-6H3. The zero-order chi connectivity index (χ0) is 16.4. The maximum atomic E-state index is 12.1.